The molecule has 0 N–H and O–H groups in total. The summed E-state index contributed by atoms with van der Waals surface area (Å²) < 4.78 is 18.4. The van der Waals surface area contributed by atoms with Gasteiger partial charge in [0, 0.05) is 20.2 Å². The SMILES string of the molecule is Cc1ccc(F)cc1OC(C)C(=O)N(C)C. The molecule has 1 atom stereocenters. The molecule has 4 heteroatoms. The van der Waals surface area contributed by atoms with Crippen molar-refractivity contribution in [2.75, 3.05) is 14.1 Å². The fourth-order valence-corrected chi connectivity index (χ4v) is 1.31. The van der Waals surface area contributed by atoms with Gasteiger partial charge < -0.3 is 9.64 Å². The Morgan fingerprint density at radius 2 is 2.06 bits per heavy atom. The Morgan fingerprint density at radius 1 is 1.44 bits per heavy atom. The molecular formula is C12H16FNO2. The van der Waals surface area contributed by atoms with Crippen molar-refractivity contribution in [2.24, 2.45) is 0 Å². The molecule has 0 aliphatic heterocycles. The minimum atomic E-state index is -0.615. The van der Waals surface area contributed by atoms with Gasteiger partial charge >= 0.3 is 0 Å². The molecule has 0 radical (unpaired) electrons. The number of rotatable bonds is 3. The number of likely N-dealkylation sites (N-methyl/N-ethyl adjacent to an activating group) is 1. The van der Waals surface area contributed by atoms with Crippen LogP contribution < -0.4 is 4.74 Å². The van der Waals surface area contributed by atoms with Crippen molar-refractivity contribution in [3.05, 3.63) is 29.6 Å². The lowest BCUT2D eigenvalue weighted by molar-refractivity contribution is -0.135. The molecule has 1 rings (SSSR count). The first-order valence-electron chi connectivity index (χ1n) is 5.06. The molecule has 1 amide bonds. The van der Waals surface area contributed by atoms with E-state index in [-0.39, 0.29) is 11.7 Å². The summed E-state index contributed by atoms with van der Waals surface area (Å²) in [6.07, 6.45) is -0.615. The summed E-state index contributed by atoms with van der Waals surface area (Å²) in [5, 5.41) is 0. The van der Waals surface area contributed by atoms with Gasteiger partial charge in [-0.25, -0.2) is 4.39 Å². The number of halogens is 1. The molecule has 0 aromatic heterocycles. The van der Waals surface area contributed by atoms with Gasteiger partial charge in [-0.2, -0.15) is 0 Å². The highest BCUT2D eigenvalue weighted by atomic mass is 19.1. The molecule has 3 nitrogen and oxygen atoms in total. The highest BCUT2D eigenvalue weighted by molar-refractivity contribution is 5.80. The summed E-state index contributed by atoms with van der Waals surface area (Å²) in [5.41, 5.74) is 0.805. The molecule has 0 fully saturated rings. The second-order valence-corrected chi connectivity index (χ2v) is 3.90. The summed E-state index contributed by atoms with van der Waals surface area (Å²) >= 11 is 0. The van der Waals surface area contributed by atoms with E-state index >= 15 is 0 Å². The van der Waals surface area contributed by atoms with E-state index in [0.29, 0.717) is 5.75 Å². The Morgan fingerprint density at radius 3 is 2.62 bits per heavy atom. The third-order valence-electron chi connectivity index (χ3n) is 2.24. The molecule has 0 heterocycles. The smallest absolute Gasteiger partial charge is 0.262 e. The number of hydrogen-bond acceptors (Lipinski definition) is 2. The lowest BCUT2D eigenvalue weighted by Gasteiger charge is -2.19. The van der Waals surface area contributed by atoms with E-state index < -0.39 is 6.10 Å². The normalized spacial score (nSPS) is 12.1. The fraction of sp³-hybridized carbons (Fsp3) is 0.417. The Kier molecular flexibility index (Phi) is 3.88. The molecule has 1 unspecified atom stereocenters. The number of carbonyl (C=O) groups excluding carboxylic acids is 1. The lowest BCUT2D eigenvalue weighted by Crippen LogP contribution is -2.35. The molecule has 1 aromatic carbocycles. The fourth-order valence-electron chi connectivity index (χ4n) is 1.31. The van der Waals surface area contributed by atoms with Crippen LogP contribution in [0.2, 0.25) is 0 Å². The van der Waals surface area contributed by atoms with Crippen LogP contribution in [0.25, 0.3) is 0 Å². The number of ether oxygens (including phenoxy) is 1. The van der Waals surface area contributed by atoms with Gasteiger partial charge in [0.1, 0.15) is 11.6 Å². The third kappa shape index (κ3) is 2.95. The van der Waals surface area contributed by atoms with Gasteiger partial charge in [-0.15, -0.1) is 0 Å². The van der Waals surface area contributed by atoms with Gasteiger partial charge in [-0.05, 0) is 25.5 Å². The number of aryl methyl sites for hydroxylation is 1. The third-order valence-corrected chi connectivity index (χ3v) is 2.24. The summed E-state index contributed by atoms with van der Waals surface area (Å²) in [7, 11) is 3.31. The number of amides is 1. The Labute approximate surface area is 94.8 Å². The van der Waals surface area contributed by atoms with Crippen molar-refractivity contribution in [3.63, 3.8) is 0 Å². The summed E-state index contributed by atoms with van der Waals surface area (Å²) in [6.45, 7) is 3.45. The molecule has 16 heavy (non-hydrogen) atoms. The monoisotopic (exact) mass is 225 g/mol. The van der Waals surface area contributed by atoms with E-state index in [9.17, 15) is 9.18 Å². The van der Waals surface area contributed by atoms with E-state index in [1.165, 1.54) is 17.0 Å². The first-order valence-corrected chi connectivity index (χ1v) is 5.06. The first-order chi connectivity index (χ1) is 7.41. The second kappa shape index (κ2) is 4.96. The molecule has 0 saturated heterocycles. The van der Waals surface area contributed by atoms with Gasteiger partial charge in [0.05, 0.1) is 0 Å². The molecule has 0 bridgehead atoms. The van der Waals surface area contributed by atoms with Crippen LogP contribution >= 0.6 is 0 Å². The summed E-state index contributed by atoms with van der Waals surface area (Å²) in [5.74, 6) is -0.114. The van der Waals surface area contributed by atoms with Crippen molar-refractivity contribution in [3.8, 4) is 5.75 Å². The average Bonchev–Trinajstić information content (AvgIpc) is 2.22. The predicted molar refractivity (Wildman–Crippen MR) is 59.9 cm³/mol. The number of benzene rings is 1. The zero-order valence-corrected chi connectivity index (χ0v) is 9.95. The Hall–Kier alpha value is -1.58. The second-order valence-electron chi connectivity index (χ2n) is 3.90. The van der Waals surface area contributed by atoms with Crippen LogP contribution in [0.1, 0.15) is 12.5 Å². The van der Waals surface area contributed by atoms with Crippen molar-refractivity contribution in [1.82, 2.24) is 4.90 Å². The maximum atomic E-state index is 13.0. The number of carbonyl (C=O) groups is 1. The van der Waals surface area contributed by atoms with Crippen LogP contribution in [0.15, 0.2) is 18.2 Å². The largest absolute Gasteiger partial charge is 0.481 e. The van der Waals surface area contributed by atoms with E-state index in [4.69, 9.17) is 4.74 Å². The zero-order valence-electron chi connectivity index (χ0n) is 9.95. The maximum Gasteiger partial charge on any atom is 0.262 e. The van der Waals surface area contributed by atoms with Crippen LogP contribution in [0.3, 0.4) is 0 Å². The van der Waals surface area contributed by atoms with Crippen LogP contribution in [0.5, 0.6) is 5.75 Å². The number of hydrogen-bond donors (Lipinski definition) is 0. The highest BCUT2D eigenvalue weighted by Crippen LogP contribution is 2.20. The van der Waals surface area contributed by atoms with E-state index in [1.807, 2.05) is 6.92 Å². The van der Waals surface area contributed by atoms with Crippen molar-refractivity contribution >= 4 is 5.91 Å². The van der Waals surface area contributed by atoms with Gasteiger partial charge in [0.15, 0.2) is 6.10 Å². The Bertz CT molecular complexity index is 391. The van der Waals surface area contributed by atoms with Crippen molar-refractivity contribution < 1.29 is 13.9 Å². The summed E-state index contributed by atoms with van der Waals surface area (Å²) in [6, 6.07) is 4.27. The lowest BCUT2D eigenvalue weighted by atomic mass is 10.2. The highest BCUT2D eigenvalue weighted by Gasteiger charge is 2.17. The molecule has 0 aliphatic rings. The molecular weight excluding hydrogens is 209 g/mol. The average molecular weight is 225 g/mol. The topological polar surface area (TPSA) is 29.5 Å². The minimum absolute atomic E-state index is 0.149. The quantitative estimate of drug-likeness (QED) is 0.787. The van der Waals surface area contributed by atoms with Crippen molar-refractivity contribution in [2.45, 2.75) is 20.0 Å². The first kappa shape index (κ1) is 12.5. The Balaban J connectivity index is 2.80. The maximum absolute atomic E-state index is 13.0. The van der Waals surface area contributed by atoms with E-state index in [1.54, 1.807) is 27.1 Å². The minimum Gasteiger partial charge on any atom is -0.481 e. The van der Waals surface area contributed by atoms with Gasteiger partial charge in [-0.1, -0.05) is 6.07 Å². The van der Waals surface area contributed by atoms with Crippen LogP contribution in [-0.4, -0.2) is 31.0 Å². The van der Waals surface area contributed by atoms with Gasteiger partial charge in [-0.3, -0.25) is 4.79 Å². The zero-order chi connectivity index (χ0) is 12.3. The van der Waals surface area contributed by atoms with Crippen LogP contribution in [0.4, 0.5) is 4.39 Å². The molecule has 0 aliphatic carbocycles. The standard InChI is InChI=1S/C12H16FNO2/c1-8-5-6-10(13)7-11(8)16-9(2)12(15)14(3)4/h5-7,9H,1-4H3. The molecule has 0 spiro atoms. The number of nitrogens with zero attached hydrogens (tertiary/aromatic N) is 1. The van der Waals surface area contributed by atoms with E-state index in [2.05, 4.69) is 0 Å². The van der Waals surface area contributed by atoms with Crippen molar-refractivity contribution in [1.29, 1.82) is 0 Å². The molecule has 88 valence electrons. The molecule has 0 saturated carbocycles. The van der Waals surface area contributed by atoms with Crippen LogP contribution in [0, 0.1) is 12.7 Å². The summed E-state index contributed by atoms with van der Waals surface area (Å²) in [4.78, 5) is 13.0. The van der Waals surface area contributed by atoms with Crippen LogP contribution in [-0.2, 0) is 4.79 Å². The predicted octanol–water partition coefficient (Wildman–Crippen LogP) is 1.99. The van der Waals surface area contributed by atoms with E-state index in [0.717, 1.165) is 5.56 Å². The van der Waals surface area contributed by atoms with Gasteiger partial charge in [0.2, 0.25) is 0 Å². The molecule has 1 aromatic rings. The van der Waals surface area contributed by atoms with Gasteiger partial charge in [0.25, 0.3) is 5.91 Å².